The average Bonchev–Trinajstić information content (AvgIpc) is 3.25. The van der Waals surface area contributed by atoms with Crippen LogP contribution >= 0.6 is 0 Å². The first-order chi connectivity index (χ1) is 13.6. The Balaban J connectivity index is 1.49. The number of benzene rings is 1. The van der Waals surface area contributed by atoms with Crippen LogP contribution in [-0.4, -0.2) is 53.8 Å². The van der Waals surface area contributed by atoms with Crippen LogP contribution in [0.5, 0.6) is 5.75 Å². The third kappa shape index (κ3) is 3.87. The lowest BCUT2D eigenvalue weighted by atomic mass is 10.1. The number of nitrogens with zero attached hydrogens (tertiary/aromatic N) is 2. The summed E-state index contributed by atoms with van der Waals surface area (Å²) in [4.78, 5) is 34.2. The molecule has 4 rings (SSSR count). The van der Waals surface area contributed by atoms with Gasteiger partial charge >= 0.3 is 6.03 Å². The molecule has 1 aromatic heterocycles. The van der Waals surface area contributed by atoms with Crippen LogP contribution in [0.1, 0.15) is 24.1 Å². The average molecular weight is 384 g/mol. The van der Waals surface area contributed by atoms with Crippen molar-refractivity contribution in [3.8, 4) is 17.1 Å². The normalized spacial score (nSPS) is 18.6. The topological polar surface area (TPSA) is 96.5 Å². The summed E-state index contributed by atoms with van der Waals surface area (Å²) in [5.41, 5.74) is 1.95. The molecule has 1 atom stereocenters. The molecule has 28 heavy (non-hydrogen) atoms. The molecule has 0 radical (unpaired) electrons. The first-order valence-corrected chi connectivity index (χ1v) is 9.55. The summed E-state index contributed by atoms with van der Waals surface area (Å²) in [6.07, 6.45) is 2.61. The number of aromatic amines is 1. The SMILES string of the molecule is COc1ccc(-c2nc3c(c(=O)[nH]2)CCN(C(=O)NC[C@@H]2CCCO2)C3)cc1. The second-order valence-corrected chi connectivity index (χ2v) is 7.06. The summed E-state index contributed by atoms with van der Waals surface area (Å²) >= 11 is 0. The highest BCUT2D eigenvalue weighted by atomic mass is 16.5. The molecule has 1 fully saturated rings. The van der Waals surface area contributed by atoms with Gasteiger partial charge in [-0.2, -0.15) is 0 Å². The summed E-state index contributed by atoms with van der Waals surface area (Å²) in [6.45, 7) is 2.09. The number of urea groups is 1. The van der Waals surface area contributed by atoms with Gasteiger partial charge in [0, 0.05) is 30.8 Å². The minimum absolute atomic E-state index is 0.101. The number of amides is 2. The summed E-state index contributed by atoms with van der Waals surface area (Å²) in [5.74, 6) is 1.23. The van der Waals surface area contributed by atoms with Crippen molar-refractivity contribution >= 4 is 6.03 Å². The molecule has 3 heterocycles. The van der Waals surface area contributed by atoms with Crippen molar-refractivity contribution in [2.24, 2.45) is 0 Å². The molecule has 8 nitrogen and oxygen atoms in total. The third-order valence-corrected chi connectivity index (χ3v) is 5.23. The molecule has 0 saturated carbocycles. The number of fused-ring (bicyclic) bond motifs is 1. The molecular weight excluding hydrogens is 360 g/mol. The molecule has 2 amide bonds. The van der Waals surface area contributed by atoms with Gasteiger partial charge in [0.1, 0.15) is 11.6 Å². The molecule has 2 N–H and O–H groups in total. The molecule has 148 valence electrons. The predicted molar refractivity (Wildman–Crippen MR) is 103 cm³/mol. The molecule has 2 aromatic rings. The van der Waals surface area contributed by atoms with E-state index >= 15 is 0 Å². The Bertz CT molecular complexity index is 903. The van der Waals surface area contributed by atoms with Crippen LogP contribution in [0.25, 0.3) is 11.4 Å². The lowest BCUT2D eigenvalue weighted by molar-refractivity contribution is 0.108. The molecule has 2 aliphatic heterocycles. The number of hydrogen-bond acceptors (Lipinski definition) is 5. The van der Waals surface area contributed by atoms with Crippen LogP contribution in [-0.2, 0) is 17.7 Å². The summed E-state index contributed by atoms with van der Waals surface area (Å²) in [7, 11) is 1.60. The number of aromatic nitrogens is 2. The van der Waals surface area contributed by atoms with Crippen molar-refractivity contribution in [3.63, 3.8) is 0 Å². The summed E-state index contributed by atoms with van der Waals surface area (Å²) in [5, 5.41) is 2.93. The molecule has 8 heteroatoms. The molecule has 1 saturated heterocycles. The van der Waals surface area contributed by atoms with Crippen molar-refractivity contribution < 1.29 is 14.3 Å². The first-order valence-electron chi connectivity index (χ1n) is 9.55. The Morgan fingerprint density at radius 1 is 1.39 bits per heavy atom. The number of ether oxygens (including phenoxy) is 2. The number of methoxy groups -OCH3 is 1. The van der Waals surface area contributed by atoms with Crippen molar-refractivity contribution in [1.29, 1.82) is 0 Å². The molecule has 0 spiro atoms. The van der Waals surface area contributed by atoms with Crippen LogP contribution in [0.3, 0.4) is 0 Å². The van der Waals surface area contributed by atoms with E-state index in [1.54, 1.807) is 12.0 Å². The summed E-state index contributed by atoms with van der Waals surface area (Å²) in [6, 6.07) is 7.19. The lowest BCUT2D eigenvalue weighted by Gasteiger charge is -2.28. The van der Waals surface area contributed by atoms with Crippen molar-refractivity contribution in [2.45, 2.75) is 31.9 Å². The van der Waals surface area contributed by atoms with Crippen molar-refractivity contribution in [3.05, 3.63) is 45.9 Å². The van der Waals surface area contributed by atoms with E-state index in [4.69, 9.17) is 9.47 Å². The summed E-state index contributed by atoms with van der Waals surface area (Å²) < 4.78 is 10.7. The minimum atomic E-state index is -0.144. The van der Waals surface area contributed by atoms with Gasteiger partial charge in [-0.25, -0.2) is 9.78 Å². The Labute approximate surface area is 162 Å². The highest BCUT2D eigenvalue weighted by molar-refractivity contribution is 5.74. The number of carbonyl (C=O) groups excluding carboxylic acids is 1. The third-order valence-electron chi connectivity index (χ3n) is 5.23. The maximum absolute atomic E-state index is 12.5. The van der Waals surface area contributed by atoms with Crippen LogP contribution < -0.4 is 15.6 Å². The van der Waals surface area contributed by atoms with Gasteiger partial charge in [-0.05, 0) is 43.5 Å². The second kappa shape index (κ2) is 8.02. The zero-order valence-corrected chi connectivity index (χ0v) is 15.9. The lowest BCUT2D eigenvalue weighted by Crippen LogP contribution is -2.46. The zero-order valence-electron chi connectivity index (χ0n) is 15.9. The fourth-order valence-electron chi connectivity index (χ4n) is 3.62. The molecule has 1 aromatic carbocycles. The Hall–Kier alpha value is -2.87. The van der Waals surface area contributed by atoms with Crippen LogP contribution in [0.15, 0.2) is 29.1 Å². The maximum atomic E-state index is 12.5. The van der Waals surface area contributed by atoms with E-state index in [0.717, 1.165) is 30.8 Å². The first kappa shape index (κ1) is 18.5. The standard InChI is InChI=1S/C20H24N4O4/c1-27-14-6-4-13(5-7-14)18-22-17-12-24(9-8-16(17)19(25)23-18)20(26)21-11-15-3-2-10-28-15/h4-7,15H,2-3,8-12H2,1H3,(H,21,26)(H,22,23,25)/t15-/m0/s1. The van der Waals surface area contributed by atoms with E-state index in [-0.39, 0.29) is 17.7 Å². The van der Waals surface area contributed by atoms with Crippen LogP contribution in [0.2, 0.25) is 0 Å². The smallest absolute Gasteiger partial charge is 0.317 e. The number of rotatable bonds is 4. The zero-order chi connectivity index (χ0) is 19.5. The minimum Gasteiger partial charge on any atom is -0.497 e. The van der Waals surface area contributed by atoms with Gasteiger partial charge < -0.3 is 24.7 Å². The molecule has 2 aliphatic rings. The van der Waals surface area contributed by atoms with Gasteiger partial charge in [0.05, 0.1) is 25.5 Å². The Morgan fingerprint density at radius 3 is 2.93 bits per heavy atom. The highest BCUT2D eigenvalue weighted by Gasteiger charge is 2.25. The van der Waals surface area contributed by atoms with Gasteiger partial charge in [-0.3, -0.25) is 4.79 Å². The Morgan fingerprint density at radius 2 is 2.21 bits per heavy atom. The number of hydrogen-bond donors (Lipinski definition) is 2. The van der Waals surface area contributed by atoms with E-state index in [9.17, 15) is 9.59 Å². The van der Waals surface area contributed by atoms with Gasteiger partial charge in [0.2, 0.25) is 0 Å². The van der Waals surface area contributed by atoms with Gasteiger partial charge in [-0.1, -0.05) is 0 Å². The Kier molecular flexibility index (Phi) is 5.29. The van der Waals surface area contributed by atoms with Crippen molar-refractivity contribution in [1.82, 2.24) is 20.2 Å². The number of carbonyl (C=O) groups is 1. The van der Waals surface area contributed by atoms with E-state index in [1.807, 2.05) is 24.3 Å². The number of nitrogens with one attached hydrogen (secondary N) is 2. The predicted octanol–water partition coefficient (Wildman–Crippen LogP) is 1.69. The fourth-order valence-corrected chi connectivity index (χ4v) is 3.62. The van der Waals surface area contributed by atoms with Crippen LogP contribution in [0, 0.1) is 0 Å². The van der Waals surface area contributed by atoms with Gasteiger partial charge in [-0.15, -0.1) is 0 Å². The number of H-pyrrole nitrogens is 1. The van der Waals surface area contributed by atoms with Gasteiger partial charge in [0.15, 0.2) is 0 Å². The molecule has 0 aliphatic carbocycles. The fraction of sp³-hybridized carbons (Fsp3) is 0.450. The molecular formula is C20H24N4O4. The van der Waals surface area contributed by atoms with Crippen molar-refractivity contribution in [2.75, 3.05) is 26.8 Å². The van der Waals surface area contributed by atoms with E-state index < -0.39 is 0 Å². The monoisotopic (exact) mass is 384 g/mol. The second-order valence-electron chi connectivity index (χ2n) is 7.06. The quantitative estimate of drug-likeness (QED) is 0.836. The highest BCUT2D eigenvalue weighted by Crippen LogP contribution is 2.21. The maximum Gasteiger partial charge on any atom is 0.317 e. The molecule has 0 bridgehead atoms. The van der Waals surface area contributed by atoms with Gasteiger partial charge in [0.25, 0.3) is 5.56 Å². The van der Waals surface area contributed by atoms with E-state index in [1.165, 1.54) is 0 Å². The van der Waals surface area contributed by atoms with Crippen LogP contribution in [0.4, 0.5) is 4.79 Å². The van der Waals surface area contributed by atoms with E-state index in [0.29, 0.717) is 43.1 Å². The van der Waals surface area contributed by atoms with E-state index in [2.05, 4.69) is 15.3 Å². The largest absolute Gasteiger partial charge is 0.497 e. The molecule has 0 unspecified atom stereocenters.